The molecule has 7 nitrogen and oxygen atoms in total. The number of rotatable bonds is 6. The van der Waals surface area contributed by atoms with E-state index in [0.29, 0.717) is 28.2 Å². The number of ether oxygens (including phenoxy) is 1. The monoisotopic (exact) mass is 539 g/mol. The molecule has 4 rings (SSSR count). The Kier molecular flexibility index (Phi) is 6.95. The molecule has 0 amide bonds. The summed E-state index contributed by atoms with van der Waals surface area (Å²) in [5.41, 5.74) is 5.40. The van der Waals surface area contributed by atoms with E-state index < -0.39 is 0 Å². The largest absolute Gasteiger partial charge is 0.486 e. The van der Waals surface area contributed by atoms with Gasteiger partial charge in [0, 0.05) is 34.9 Å². The first kappa shape index (κ1) is 24.2. The fraction of sp³-hybridized carbons (Fsp3) is 0.320. The Bertz CT molecular complexity index is 1430. The van der Waals surface area contributed by atoms with E-state index in [0.717, 1.165) is 39.0 Å². The number of nitrogens with zero attached hydrogens (tertiary/aromatic N) is 5. The standard InChI is InChI=1S/C25H26BrN5O2S/c1-13(2)24-28-10-14(3)22(30-24)20-9-19(7-8-27-20)31-16(5)15(4)23(21(26)25(31)32)33-11-18-12-34-17(6)29-18/h7-10,12-13H,11H2,1-6H3. The van der Waals surface area contributed by atoms with Gasteiger partial charge in [-0.15, -0.1) is 11.3 Å². The van der Waals surface area contributed by atoms with Gasteiger partial charge in [-0.1, -0.05) is 13.8 Å². The van der Waals surface area contributed by atoms with Crippen LogP contribution in [0.25, 0.3) is 17.1 Å². The first-order chi connectivity index (χ1) is 16.2. The van der Waals surface area contributed by atoms with Crippen LogP contribution in [0.3, 0.4) is 0 Å². The topological polar surface area (TPSA) is 82.8 Å². The Hall–Kier alpha value is -2.91. The Labute approximate surface area is 211 Å². The van der Waals surface area contributed by atoms with E-state index in [1.54, 1.807) is 22.1 Å². The van der Waals surface area contributed by atoms with E-state index in [9.17, 15) is 4.79 Å². The van der Waals surface area contributed by atoms with Crippen molar-refractivity contribution in [2.45, 2.75) is 54.1 Å². The number of hydrogen-bond acceptors (Lipinski definition) is 7. The minimum absolute atomic E-state index is 0.201. The van der Waals surface area contributed by atoms with Crippen LogP contribution in [0.1, 0.15) is 53.1 Å². The molecule has 4 aromatic heterocycles. The van der Waals surface area contributed by atoms with Crippen LogP contribution in [-0.4, -0.2) is 24.5 Å². The molecule has 0 atom stereocenters. The summed E-state index contributed by atoms with van der Waals surface area (Å²) >= 11 is 5.05. The molecule has 0 aliphatic rings. The van der Waals surface area contributed by atoms with E-state index in [1.165, 1.54) is 0 Å². The molecular weight excluding hydrogens is 514 g/mol. The van der Waals surface area contributed by atoms with Gasteiger partial charge in [0.05, 0.1) is 27.8 Å². The molecule has 0 aromatic carbocycles. The lowest BCUT2D eigenvalue weighted by Gasteiger charge is -2.18. The zero-order chi connectivity index (χ0) is 24.6. The smallest absolute Gasteiger partial charge is 0.273 e. The van der Waals surface area contributed by atoms with Crippen LogP contribution < -0.4 is 10.3 Å². The van der Waals surface area contributed by atoms with E-state index in [4.69, 9.17) is 9.72 Å². The average molecular weight is 540 g/mol. The van der Waals surface area contributed by atoms with Crippen LogP contribution in [0, 0.1) is 27.7 Å². The molecule has 0 bridgehead atoms. The number of aryl methyl sites for hydroxylation is 2. The van der Waals surface area contributed by atoms with Gasteiger partial charge >= 0.3 is 0 Å². The summed E-state index contributed by atoms with van der Waals surface area (Å²) in [4.78, 5) is 31.5. The van der Waals surface area contributed by atoms with Crippen molar-refractivity contribution in [2.24, 2.45) is 0 Å². The van der Waals surface area contributed by atoms with Gasteiger partial charge in [-0.3, -0.25) is 14.3 Å². The molecule has 0 spiro atoms. The molecule has 34 heavy (non-hydrogen) atoms. The van der Waals surface area contributed by atoms with E-state index in [2.05, 4.69) is 44.7 Å². The summed E-state index contributed by atoms with van der Waals surface area (Å²) < 4.78 is 8.07. The normalized spacial score (nSPS) is 11.3. The quantitative estimate of drug-likeness (QED) is 0.306. The summed E-state index contributed by atoms with van der Waals surface area (Å²) in [5.74, 6) is 1.50. The minimum Gasteiger partial charge on any atom is -0.486 e. The fourth-order valence-electron chi connectivity index (χ4n) is 3.63. The lowest BCUT2D eigenvalue weighted by Crippen LogP contribution is -2.23. The maximum Gasteiger partial charge on any atom is 0.273 e. The number of pyridine rings is 2. The molecule has 4 heterocycles. The molecule has 9 heteroatoms. The number of thiazole rings is 1. The molecule has 0 radical (unpaired) electrons. The summed E-state index contributed by atoms with van der Waals surface area (Å²) in [5, 5.41) is 2.94. The summed E-state index contributed by atoms with van der Waals surface area (Å²) in [6, 6.07) is 3.71. The highest BCUT2D eigenvalue weighted by atomic mass is 79.9. The maximum atomic E-state index is 13.4. The predicted octanol–water partition coefficient (Wildman–Crippen LogP) is 5.84. The van der Waals surface area contributed by atoms with Crippen LogP contribution >= 0.6 is 27.3 Å². The molecule has 0 aliphatic carbocycles. The van der Waals surface area contributed by atoms with Crippen molar-refractivity contribution in [1.82, 2.24) is 24.5 Å². The molecule has 0 saturated heterocycles. The van der Waals surface area contributed by atoms with Crippen LogP contribution in [0.4, 0.5) is 0 Å². The number of halogens is 1. The Morgan fingerprint density at radius 1 is 1.15 bits per heavy atom. The third-order valence-corrected chi connectivity index (χ3v) is 7.11. The molecule has 4 aromatic rings. The molecule has 0 saturated carbocycles. The van der Waals surface area contributed by atoms with Gasteiger partial charge in [0.25, 0.3) is 5.56 Å². The Balaban J connectivity index is 1.76. The SMILES string of the molecule is Cc1nc(COc2c(C)c(C)n(-c3ccnc(-c4nc(C(C)C)ncc4C)c3)c(=O)c2Br)cs1. The van der Waals surface area contributed by atoms with Crippen molar-refractivity contribution in [3.8, 4) is 22.8 Å². The van der Waals surface area contributed by atoms with Crippen LogP contribution in [0.5, 0.6) is 5.75 Å². The molecular formula is C25H26BrN5O2S. The van der Waals surface area contributed by atoms with Crippen molar-refractivity contribution in [2.75, 3.05) is 0 Å². The summed E-state index contributed by atoms with van der Waals surface area (Å²) in [6.07, 6.45) is 3.52. The average Bonchev–Trinajstić information content (AvgIpc) is 3.23. The van der Waals surface area contributed by atoms with Crippen molar-refractivity contribution < 1.29 is 4.74 Å². The first-order valence-electron chi connectivity index (χ1n) is 10.9. The molecule has 0 unspecified atom stereocenters. The first-order valence-corrected chi connectivity index (χ1v) is 12.6. The molecule has 0 aliphatic heterocycles. The summed E-state index contributed by atoms with van der Waals surface area (Å²) in [7, 11) is 0. The van der Waals surface area contributed by atoms with Crippen LogP contribution in [0.15, 0.2) is 39.2 Å². The second kappa shape index (κ2) is 9.76. The van der Waals surface area contributed by atoms with Gasteiger partial charge in [-0.05, 0) is 61.3 Å². The van der Waals surface area contributed by atoms with Crippen molar-refractivity contribution >= 4 is 27.3 Å². The third-order valence-electron chi connectivity index (χ3n) is 5.59. The van der Waals surface area contributed by atoms with Gasteiger partial charge in [-0.25, -0.2) is 15.0 Å². The van der Waals surface area contributed by atoms with E-state index in [-0.39, 0.29) is 11.5 Å². The Morgan fingerprint density at radius 2 is 1.91 bits per heavy atom. The third kappa shape index (κ3) is 4.67. The zero-order valence-electron chi connectivity index (χ0n) is 20.0. The van der Waals surface area contributed by atoms with Crippen LogP contribution in [0.2, 0.25) is 0 Å². The zero-order valence-corrected chi connectivity index (χ0v) is 22.4. The van der Waals surface area contributed by atoms with Crippen molar-refractivity contribution in [3.63, 3.8) is 0 Å². The lowest BCUT2D eigenvalue weighted by molar-refractivity contribution is 0.296. The fourth-order valence-corrected chi connectivity index (χ4v) is 4.81. The predicted molar refractivity (Wildman–Crippen MR) is 138 cm³/mol. The van der Waals surface area contributed by atoms with Crippen LogP contribution in [-0.2, 0) is 6.61 Å². The van der Waals surface area contributed by atoms with E-state index in [1.807, 2.05) is 51.4 Å². The molecule has 0 N–H and O–H groups in total. The lowest BCUT2D eigenvalue weighted by atomic mass is 10.1. The van der Waals surface area contributed by atoms with Gasteiger partial charge in [-0.2, -0.15) is 0 Å². The Morgan fingerprint density at radius 3 is 2.59 bits per heavy atom. The second-order valence-corrected chi connectivity index (χ2v) is 10.3. The summed E-state index contributed by atoms with van der Waals surface area (Å²) in [6.45, 7) is 12.2. The minimum atomic E-state index is -0.202. The highest BCUT2D eigenvalue weighted by Crippen LogP contribution is 2.31. The highest BCUT2D eigenvalue weighted by molar-refractivity contribution is 9.10. The van der Waals surface area contributed by atoms with Gasteiger partial charge in [0.2, 0.25) is 0 Å². The molecule has 0 fully saturated rings. The number of hydrogen-bond donors (Lipinski definition) is 0. The maximum absolute atomic E-state index is 13.4. The highest BCUT2D eigenvalue weighted by Gasteiger charge is 2.19. The van der Waals surface area contributed by atoms with Gasteiger partial charge < -0.3 is 4.74 Å². The van der Waals surface area contributed by atoms with Gasteiger partial charge in [0.15, 0.2) is 0 Å². The van der Waals surface area contributed by atoms with E-state index >= 15 is 0 Å². The molecule has 176 valence electrons. The number of aromatic nitrogens is 5. The van der Waals surface area contributed by atoms with Crippen molar-refractivity contribution in [3.05, 3.63) is 78.1 Å². The second-order valence-electron chi connectivity index (χ2n) is 8.45. The van der Waals surface area contributed by atoms with Crippen molar-refractivity contribution in [1.29, 1.82) is 0 Å². The van der Waals surface area contributed by atoms with Gasteiger partial charge in [0.1, 0.15) is 22.7 Å².